The lowest BCUT2D eigenvalue weighted by Crippen LogP contribution is -1.82. The molecule has 0 unspecified atom stereocenters. The molecule has 0 N–H and O–H groups in total. The maximum absolute atomic E-state index is 3.21. The summed E-state index contributed by atoms with van der Waals surface area (Å²) >= 11 is 0. The lowest BCUT2D eigenvalue weighted by molar-refractivity contribution is 0.922. The van der Waals surface area contributed by atoms with Crippen LogP contribution in [0.15, 0.2) is 48.5 Å². The van der Waals surface area contributed by atoms with E-state index in [-0.39, 0.29) is 0 Å². The van der Waals surface area contributed by atoms with Gasteiger partial charge in [-0.15, -0.1) is 0 Å². The van der Waals surface area contributed by atoms with Gasteiger partial charge in [0.25, 0.3) is 0 Å². The lowest BCUT2D eigenvalue weighted by Gasteiger charge is -1.97. The molecule has 0 saturated carbocycles. The van der Waals surface area contributed by atoms with Crippen LogP contribution < -0.4 is 0 Å². The molecular weight excluding hydrogens is 276 g/mol. The van der Waals surface area contributed by atoms with Crippen LogP contribution in [0.1, 0.15) is 55.4 Å². The predicted molar refractivity (Wildman–Crippen MR) is 99.2 cm³/mol. The second-order valence-corrected chi connectivity index (χ2v) is 5.60. The summed E-state index contributed by atoms with van der Waals surface area (Å²) in [4.78, 5) is 0. The Kier molecular flexibility index (Phi) is 7.03. The number of aryl methyl sites for hydroxylation is 2. The highest BCUT2D eigenvalue weighted by molar-refractivity contribution is 5.37. The van der Waals surface area contributed by atoms with E-state index in [1.807, 2.05) is 0 Å². The molecule has 2 rings (SSSR count). The molecule has 0 amide bonds. The molecule has 0 fully saturated rings. The summed E-state index contributed by atoms with van der Waals surface area (Å²) in [5, 5.41) is 0. The minimum absolute atomic E-state index is 0.816. The molecule has 0 spiro atoms. The largest absolute Gasteiger partial charge is 0.0969 e. The van der Waals surface area contributed by atoms with E-state index < -0.39 is 0 Å². The van der Waals surface area contributed by atoms with E-state index in [4.69, 9.17) is 0 Å². The Morgan fingerprint density at radius 2 is 1.13 bits per heavy atom. The van der Waals surface area contributed by atoms with Crippen LogP contribution in [0.25, 0.3) is 0 Å². The molecule has 0 aliphatic carbocycles. The summed E-state index contributed by atoms with van der Waals surface area (Å²) in [7, 11) is 0. The molecule has 2 aromatic carbocycles. The van der Waals surface area contributed by atoms with E-state index in [1.165, 1.54) is 17.5 Å². The molecule has 0 aliphatic heterocycles. The van der Waals surface area contributed by atoms with Gasteiger partial charge >= 0.3 is 0 Å². The first-order chi connectivity index (χ1) is 11.3. The smallest absolute Gasteiger partial charge is 0.0245 e. The van der Waals surface area contributed by atoms with Gasteiger partial charge in [-0.2, -0.15) is 0 Å². The van der Waals surface area contributed by atoms with Crippen molar-refractivity contribution in [3.63, 3.8) is 0 Å². The SMILES string of the molecule is CCCc1ccc(C#CCCC#Cc2ccc(CC)cc2)cc1. The average molecular weight is 300 g/mol. The fourth-order valence-corrected chi connectivity index (χ4v) is 2.32. The molecule has 0 atom stereocenters. The van der Waals surface area contributed by atoms with Crippen LogP contribution in [0.4, 0.5) is 0 Å². The molecule has 2 aromatic rings. The van der Waals surface area contributed by atoms with Crippen molar-refractivity contribution in [2.24, 2.45) is 0 Å². The number of hydrogen-bond donors (Lipinski definition) is 0. The minimum atomic E-state index is 0.816. The van der Waals surface area contributed by atoms with Crippen LogP contribution in [-0.4, -0.2) is 0 Å². The molecule has 0 bridgehead atoms. The van der Waals surface area contributed by atoms with E-state index in [0.29, 0.717) is 0 Å². The quantitative estimate of drug-likeness (QED) is 0.525. The number of rotatable bonds is 4. The molecule has 0 heteroatoms. The van der Waals surface area contributed by atoms with Crippen LogP contribution in [0.5, 0.6) is 0 Å². The zero-order chi connectivity index (χ0) is 16.3. The highest BCUT2D eigenvalue weighted by Gasteiger charge is 1.91. The van der Waals surface area contributed by atoms with Crippen molar-refractivity contribution in [2.45, 2.75) is 46.0 Å². The molecule has 0 radical (unpaired) electrons. The van der Waals surface area contributed by atoms with Crippen molar-refractivity contribution < 1.29 is 0 Å². The Balaban J connectivity index is 1.80. The Labute approximate surface area is 141 Å². The zero-order valence-corrected chi connectivity index (χ0v) is 14.2. The number of unbranched alkanes of at least 4 members (excludes halogenated alkanes) is 1. The van der Waals surface area contributed by atoms with Crippen LogP contribution in [0.3, 0.4) is 0 Å². The normalized spacial score (nSPS) is 9.48. The monoisotopic (exact) mass is 300 g/mol. The van der Waals surface area contributed by atoms with Gasteiger partial charge in [-0.05, 0) is 48.2 Å². The number of benzene rings is 2. The van der Waals surface area contributed by atoms with E-state index in [0.717, 1.165) is 36.8 Å². The van der Waals surface area contributed by atoms with Gasteiger partial charge in [0.1, 0.15) is 0 Å². The molecule has 0 saturated heterocycles. The summed E-state index contributed by atoms with van der Waals surface area (Å²) in [5.74, 6) is 12.8. The maximum atomic E-state index is 3.21. The fraction of sp³-hybridized carbons (Fsp3) is 0.304. The van der Waals surface area contributed by atoms with Gasteiger partial charge < -0.3 is 0 Å². The molecule has 0 nitrogen and oxygen atoms in total. The van der Waals surface area contributed by atoms with Crippen molar-refractivity contribution in [3.8, 4) is 23.7 Å². The predicted octanol–water partition coefficient (Wildman–Crippen LogP) is 5.38. The molecule has 0 aromatic heterocycles. The van der Waals surface area contributed by atoms with Crippen LogP contribution in [-0.2, 0) is 12.8 Å². The van der Waals surface area contributed by atoms with Gasteiger partial charge in [0.05, 0.1) is 0 Å². The van der Waals surface area contributed by atoms with Gasteiger partial charge in [-0.25, -0.2) is 0 Å². The Morgan fingerprint density at radius 1 is 0.652 bits per heavy atom. The van der Waals surface area contributed by atoms with E-state index >= 15 is 0 Å². The van der Waals surface area contributed by atoms with Crippen LogP contribution in [0, 0.1) is 23.7 Å². The standard InChI is InChI=1S/C23H24/c1-3-9-21-16-18-23(19-17-21)11-8-6-5-7-10-22-14-12-20(4-2)13-15-22/h12-19H,3-6,9H2,1-2H3. The first kappa shape index (κ1) is 16.9. The van der Waals surface area contributed by atoms with Crippen molar-refractivity contribution in [1.82, 2.24) is 0 Å². The summed E-state index contributed by atoms with van der Waals surface area (Å²) < 4.78 is 0. The maximum Gasteiger partial charge on any atom is 0.0245 e. The highest BCUT2D eigenvalue weighted by Crippen LogP contribution is 2.06. The molecule has 116 valence electrons. The summed E-state index contributed by atoms with van der Waals surface area (Å²) in [5.41, 5.74) is 4.92. The average Bonchev–Trinajstić information content (AvgIpc) is 2.60. The first-order valence-electron chi connectivity index (χ1n) is 8.47. The fourth-order valence-electron chi connectivity index (χ4n) is 2.32. The second kappa shape index (κ2) is 9.55. The van der Waals surface area contributed by atoms with Crippen molar-refractivity contribution in [2.75, 3.05) is 0 Å². The zero-order valence-electron chi connectivity index (χ0n) is 14.2. The van der Waals surface area contributed by atoms with Gasteiger partial charge in [-0.3, -0.25) is 0 Å². The third kappa shape index (κ3) is 6.06. The van der Waals surface area contributed by atoms with Gasteiger partial charge in [-0.1, -0.05) is 68.2 Å². The molecule has 23 heavy (non-hydrogen) atoms. The molecule has 0 aliphatic rings. The highest BCUT2D eigenvalue weighted by atomic mass is 14.0. The minimum Gasteiger partial charge on any atom is -0.0969 e. The Hall–Kier alpha value is -2.44. The van der Waals surface area contributed by atoms with Crippen molar-refractivity contribution in [3.05, 3.63) is 70.8 Å². The first-order valence-corrected chi connectivity index (χ1v) is 8.47. The topological polar surface area (TPSA) is 0 Å². The summed E-state index contributed by atoms with van der Waals surface area (Å²) in [6, 6.07) is 17.0. The molecular formula is C23H24. The van der Waals surface area contributed by atoms with Crippen molar-refractivity contribution >= 4 is 0 Å². The number of hydrogen-bond acceptors (Lipinski definition) is 0. The second-order valence-electron chi connectivity index (χ2n) is 5.60. The van der Waals surface area contributed by atoms with E-state index in [9.17, 15) is 0 Å². The van der Waals surface area contributed by atoms with E-state index in [2.05, 4.69) is 86.1 Å². The Bertz CT molecular complexity index is 710. The van der Waals surface area contributed by atoms with E-state index in [1.54, 1.807) is 0 Å². The van der Waals surface area contributed by atoms with Crippen molar-refractivity contribution in [1.29, 1.82) is 0 Å². The lowest BCUT2D eigenvalue weighted by atomic mass is 10.1. The summed E-state index contributed by atoms with van der Waals surface area (Å²) in [6.07, 6.45) is 5.03. The third-order valence-electron chi connectivity index (χ3n) is 3.70. The van der Waals surface area contributed by atoms with Crippen LogP contribution >= 0.6 is 0 Å². The van der Waals surface area contributed by atoms with Crippen LogP contribution in [0.2, 0.25) is 0 Å². The third-order valence-corrected chi connectivity index (χ3v) is 3.70. The van der Waals surface area contributed by atoms with Gasteiger partial charge in [0, 0.05) is 24.0 Å². The summed E-state index contributed by atoms with van der Waals surface area (Å²) in [6.45, 7) is 4.36. The van der Waals surface area contributed by atoms with Gasteiger partial charge in [0.2, 0.25) is 0 Å². The Morgan fingerprint density at radius 3 is 1.57 bits per heavy atom. The van der Waals surface area contributed by atoms with Gasteiger partial charge in [0.15, 0.2) is 0 Å². The molecule has 0 heterocycles.